The number of allylic oxidation sites excluding steroid dienone is 1. The van der Waals surface area contributed by atoms with E-state index in [4.69, 9.17) is 18.9 Å². The molecule has 0 radical (unpaired) electrons. The monoisotopic (exact) mass is 612 g/mol. The van der Waals surface area contributed by atoms with Crippen LogP contribution in [0.2, 0.25) is 0 Å². The zero-order valence-electron chi connectivity index (χ0n) is 26.5. The largest absolute Gasteiger partial charge is 0.493 e. The molecule has 2 aromatic rings. The molecule has 0 aliphatic carbocycles. The van der Waals surface area contributed by atoms with Crippen LogP contribution in [0, 0.1) is 0 Å². The first kappa shape index (κ1) is 40.8. The van der Waals surface area contributed by atoms with E-state index in [2.05, 4.69) is 38.9 Å². The van der Waals surface area contributed by atoms with Crippen LogP contribution < -0.4 is 9.47 Å². The highest BCUT2D eigenvalue weighted by atomic mass is 32.1. The number of benzene rings is 2. The molecule has 0 saturated heterocycles. The lowest BCUT2D eigenvalue weighted by Crippen LogP contribution is -2.10. The summed E-state index contributed by atoms with van der Waals surface area (Å²) in [6, 6.07) is 10.5. The van der Waals surface area contributed by atoms with Crippen molar-refractivity contribution in [3.63, 3.8) is 0 Å². The van der Waals surface area contributed by atoms with Crippen LogP contribution in [0.25, 0.3) is 11.1 Å². The van der Waals surface area contributed by atoms with E-state index >= 15 is 0 Å². The van der Waals surface area contributed by atoms with Crippen LogP contribution in [0.5, 0.6) is 11.5 Å². The number of ether oxygens (including phenoxy) is 4. The highest BCUT2D eigenvalue weighted by Crippen LogP contribution is 2.34. The minimum atomic E-state index is -0.572. The van der Waals surface area contributed by atoms with Crippen LogP contribution in [0.15, 0.2) is 85.0 Å². The normalized spacial score (nSPS) is 9.05. The van der Waals surface area contributed by atoms with Crippen molar-refractivity contribution < 1.29 is 38.1 Å². The van der Waals surface area contributed by atoms with Gasteiger partial charge < -0.3 is 18.9 Å². The number of rotatable bonds is 11. The number of hydrogen-bond acceptors (Lipinski definition) is 9. The van der Waals surface area contributed by atoms with Gasteiger partial charge in [-0.1, -0.05) is 58.4 Å². The van der Waals surface area contributed by atoms with Crippen LogP contribution >= 0.6 is 12.6 Å². The number of thiol groups is 1. The quantitative estimate of drug-likeness (QED) is 0.0919. The van der Waals surface area contributed by atoms with E-state index in [0.717, 1.165) is 17.4 Å². The van der Waals surface area contributed by atoms with Crippen molar-refractivity contribution in [1.29, 1.82) is 0 Å². The van der Waals surface area contributed by atoms with Crippen molar-refractivity contribution in [2.24, 2.45) is 0 Å². The van der Waals surface area contributed by atoms with Gasteiger partial charge in [0.05, 0.1) is 7.11 Å². The van der Waals surface area contributed by atoms with E-state index in [-0.39, 0.29) is 35.7 Å². The van der Waals surface area contributed by atoms with Crippen molar-refractivity contribution >= 4 is 36.8 Å². The van der Waals surface area contributed by atoms with Gasteiger partial charge in [0.25, 0.3) is 0 Å². The van der Waals surface area contributed by atoms with Crippen LogP contribution in [0.4, 0.5) is 0 Å². The number of methoxy groups -OCH3 is 1. The molecule has 0 aromatic heterocycles. The molecule has 0 fully saturated rings. The summed E-state index contributed by atoms with van der Waals surface area (Å²) in [5.41, 5.74) is 4.16. The fraction of sp³-hybridized carbons (Fsp3) is 0.294. The molecule has 0 N–H and O–H groups in total. The van der Waals surface area contributed by atoms with Gasteiger partial charge in [-0.05, 0) is 80.0 Å². The second-order valence-corrected chi connectivity index (χ2v) is 8.70. The predicted molar refractivity (Wildman–Crippen MR) is 175 cm³/mol. The minimum Gasteiger partial charge on any atom is -0.493 e. The molecule has 2 rings (SSSR count). The molecule has 0 bridgehead atoms. The first-order chi connectivity index (χ1) is 20.3. The van der Waals surface area contributed by atoms with E-state index in [1.54, 1.807) is 58.2 Å². The molecule has 0 aliphatic rings. The molecule has 0 aliphatic heterocycles. The topological polar surface area (TPSA) is 105 Å². The summed E-state index contributed by atoms with van der Waals surface area (Å²) >= 11 is 3.53. The average Bonchev–Trinajstić information content (AvgIpc) is 3.00. The molecule has 0 atom stereocenters. The average molecular weight is 613 g/mol. The lowest BCUT2D eigenvalue weighted by molar-refractivity contribution is -0.141. The summed E-state index contributed by atoms with van der Waals surface area (Å²) < 4.78 is 21.3. The molecule has 234 valence electrons. The molecule has 0 unspecified atom stereocenters. The van der Waals surface area contributed by atoms with Gasteiger partial charge in [-0.25, -0.2) is 14.4 Å². The number of carbonyl (C=O) groups excluding carboxylic acids is 4. The SMILES string of the molecule is C=C(C)C(=O)OCc1ccc(-c2ccc(OC)c(OC(=O)C(=C)C)c2)cc1COC(=O)C(=C)C.C=C(C)C=O.CC.CS. The second-order valence-electron chi connectivity index (χ2n) is 8.70. The third-order valence-electron chi connectivity index (χ3n) is 4.87. The van der Waals surface area contributed by atoms with Gasteiger partial charge in [-0.2, -0.15) is 12.6 Å². The number of hydrogen-bond donors (Lipinski definition) is 1. The minimum absolute atomic E-state index is 0.0178. The molecule has 0 heterocycles. The molecule has 9 heteroatoms. The Bertz CT molecular complexity index is 1310. The summed E-state index contributed by atoms with van der Waals surface area (Å²) in [6.45, 7) is 24.3. The second kappa shape index (κ2) is 22.3. The van der Waals surface area contributed by atoms with E-state index in [9.17, 15) is 19.2 Å². The summed E-state index contributed by atoms with van der Waals surface area (Å²) in [7, 11) is 1.47. The summed E-state index contributed by atoms with van der Waals surface area (Å²) in [4.78, 5) is 45.2. The molecule has 43 heavy (non-hydrogen) atoms. The van der Waals surface area contributed by atoms with Crippen molar-refractivity contribution in [3.8, 4) is 22.6 Å². The Labute approximate surface area is 261 Å². The van der Waals surface area contributed by atoms with E-state index in [1.807, 2.05) is 26.0 Å². The molecular formula is C34H44O8S. The molecule has 0 saturated carbocycles. The first-order valence-electron chi connectivity index (χ1n) is 13.2. The third-order valence-corrected chi connectivity index (χ3v) is 4.87. The van der Waals surface area contributed by atoms with Crippen LogP contribution in [-0.4, -0.2) is 37.6 Å². The smallest absolute Gasteiger partial charge is 0.338 e. The van der Waals surface area contributed by atoms with E-state index in [1.165, 1.54) is 7.11 Å². The highest BCUT2D eigenvalue weighted by Gasteiger charge is 2.15. The fourth-order valence-corrected chi connectivity index (χ4v) is 2.74. The van der Waals surface area contributed by atoms with Crippen molar-refractivity contribution in [3.05, 3.63) is 96.1 Å². The van der Waals surface area contributed by atoms with Crippen LogP contribution in [-0.2, 0) is 41.9 Å². The number of carbonyl (C=O) groups is 4. The fourth-order valence-electron chi connectivity index (χ4n) is 2.74. The van der Waals surface area contributed by atoms with Crippen LogP contribution in [0.1, 0.15) is 52.7 Å². The Morgan fingerprint density at radius 1 is 0.698 bits per heavy atom. The summed E-state index contributed by atoms with van der Waals surface area (Å²) in [5.74, 6) is -1.00. The summed E-state index contributed by atoms with van der Waals surface area (Å²) in [6.07, 6.45) is 2.42. The Morgan fingerprint density at radius 3 is 1.53 bits per heavy atom. The Morgan fingerprint density at radius 2 is 1.12 bits per heavy atom. The van der Waals surface area contributed by atoms with Gasteiger partial charge in [0.15, 0.2) is 11.5 Å². The molecule has 8 nitrogen and oxygen atoms in total. The molecular weight excluding hydrogens is 568 g/mol. The maximum absolute atomic E-state index is 12.0. The zero-order chi connectivity index (χ0) is 33.7. The van der Waals surface area contributed by atoms with Gasteiger partial charge in [0.2, 0.25) is 0 Å². The van der Waals surface area contributed by atoms with Gasteiger partial charge in [0.1, 0.15) is 19.5 Å². The molecule has 2 aromatic carbocycles. The summed E-state index contributed by atoms with van der Waals surface area (Å²) in [5, 5.41) is 0. The number of aldehydes is 1. The number of esters is 3. The molecule has 0 amide bonds. The van der Waals surface area contributed by atoms with Gasteiger partial charge in [0, 0.05) is 16.7 Å². The standard InChI is InChI=1S/C27H28O7.C4H6O.C2H6.CH4S/c1-16(2)25(28)32-14-21-9-8-19(12-22(21)15-33-26(29)17(3)4)20-10-11-23(31-7)24(13-20)34-27(30)18(5)6;1-4(2)3-5;2*1-2/h8-13H,1,3,5,14-15H2,2,4,6-7H3;3H,1H2,2H3;1-2H3;2H,1H3. The Balaban J connectivity index is 0. The van der Waals surface area contributed by atoms with Crippen molar-refractivity contribution in [2.75, 3.05) is 13.4 Å². The van der Waals surface area contributed by atoms with E-state index < -0.39 is 17.9 Å². The first-order valence-corrected chi connectivity index (χ1v) is 14.1. The van der Waals surface area contributed by atoms with Crippen molar-refractivity contribution in [2.45, 2.75) is 54.8 Å². The van der Waals surface area contributed by atoms with E-state index in [0.29, 0.717) is 22.4 Å². The highest BCUT2D eigenvalue weighted by molar-refractivity contribution is 7.79. The lowest BCUT2D eigenvalue weighted by atomic mass is 9.99. The zero-order valence-corrected chi connectivity index (χ0v) is 27.4. The lowest BCUT2D eigenvalue weighted by Gasteiger charge is -2.15. The van der Waals surface area contributed by atoms with Gasteiger partial charge in [-0.15, -0.1) is 0 Å². The predicted octanol–water partition coefficient (Wildman–Crippen LogP) is 7.42. The van der Waals surface area contributed by atoms with Gasteiger partial charge >= 0.3 is 17.9 Å². The maximum atomic E-state index is 12.0. The maximum Gasteiger partial charge on any atom is 0.338 e. The Hall–Kier alpha value is -4.37. The third kappa shape index (κ3) is 15.4. The molecule has 0 spiro atoms. The van der Waals surface area contributed by atoms with Crippen LogP contribution in [0.3, 0.4) is 0 Å². The van der Waals surface area contributed by atoms with Gasteiger partial charge in [-0.3, -0.25) is 4.79 Å². The van der Waals surface area contributed by atoms with Crippen molar-refractivity contribution in [1.82, 2.24) is 0 Å². The Kier molecular flexibility index (Phi) is 21.1.